The van der Waals surface area contributed by atoms with Gasteiger partial charge in [-0.05, 0) is 24.0 Å². The van der Waals surface area contributed by atoms with Crippen LogP contribution in [0.5, 0.6) is 0 Å². The summed E-state index contributed by atoms with van der Waals surface area (Å²) in [5.41, 5.74) is 2.00. The summed E-state index contributed by atoms with van der Waals surface area (Å²) in [5, 5.41) is 11.5. The highest BCUT2D eigenvalue weighted by Crippen LogP contribution is 2.30. The molecule has 0 aliphatic carbocycles. The van der Waals surface area contributed by atoms with Crippen LogP contribution in [0.3, 0.4) is 0 Å². The van der Waals surface area contributed by atoms with Gasteiger partial charge in [-0.15, -0.1) is 0 Å². The van der Waals surface area contributed by atoms with Crippen LogP contribution in [0.25, 0.3) is 10.8 Å². The van der Waals surface area contributed by atoms with E-state index in [1.807, 2.05) is 18.2 Å². The topological polar surface area (TPSA) is 27.0 Å². The van der Waals surface area contributed by atoms with Crippen LogP contribution >= 0.6 is 0 Å². The van der Waals surface area contributed by atoms with Gasteiger partial charge in [-0.1, -0.05) is 52.0 Å². The van der Waals surface area contributed by atoms with Crippen molar-refractivity contribution < 1.29 is 0 Å². The zero-order valence-corrected chi connectivity index (χ0v) is 13.4. The predicted octanol–water partition coefficient (Wildman–Crippen LogP) is 4.83. The molecule has 0 heterocycles. The Hall–Kier alpha value is -2.01. The number of benzene rings is 2. The van der Waals surface area contributed by atoms with Crippen molar-refractivity contribution >= 4 is 16.5 Å². The third-order valence-electron chi connectivity index (χ3n) is 3.53. The lowest BCUT2D eigenvalue weighted by molar-refractivity contribution is 0.554. The molecular weight excluding hydrogens is 256 g/mol. The number of rotatable bonds is 5. The highest BCUT2D eigenvalue weighted by Gasteiger charge is 2.14. The van der Waals surface area contributed by atoms with Crippen molar-refractivity contribution in [2.45, 2.75) is 27.7 Å². The molecule has 0 atom stereocenters. The average molecular weight is 280 g/mol. The van der Waals surface area contributed by atoms with Gasteiger partial charge in [0.1, 0.15) is 0 Å². The van der Waals surface area contributed by atoms with E-state index in [0.717, 1.165) is 24.0 Å². The molecule has 0 aromatic heterocycles. The van der Waals surface area contributed by atoms with Crippen LogP contribution in [-0.2, 0) is 0 Å². The lowest BCUT2D eigenvalue weighted by atomic mass is 10.0. The van der Waals surface area contributed by atoms with Gasteiger partial charge >= 0.3 is 0 Å². The number of nitriles is 1. The third-order valence-corrected chi connectivity index (χ3v) is 3.53. The van der Waals surface area contributed by atoms with Crippen molar-refractivity contribution in [3.8, 4) is 6.07 Å². The fourth-order valence-corrected chi connectivity index (χ4v) is 2.81. The van der Waals surface area contributed by atoms with Crippen LogP contribution in [-0.4, -0.2) is 13.1 Å². The highest BCUT2D eigenvalue weighted by molar-refractivity contribution is 5.97. The Morgan fingerprint density at radius 3 is 2.00 bits per heavy atom. The van der Waals surface area contributed by atoms with E-state index in [-0.39, 0.29) is 0 Å². The Bertz CT molecular complexity index is 640. The standard InChI is InChI=1S/C19H24N2/c1-14(2)12-21(13-15(3)4)19-10-9-16(11-20)17-7-5-6-8-18(17)19/h5-10,14-15H,12-13H2,1-4H3. The predicted molar refractivity (Wildman–Crippen MR) is 90.6 cm³/mol. The van der Waals surface area contributed by atoms with E-state index in [2.05, 4.69) is 56.9 Å². The molecule has 0 aliphatic heterocycles. The smallest absolute Gasteiger partial charge is 0.0998 e. The number of fused-ring (bicyclic) bond motifs is 1. The zero-order chi connectivity index (χ0) is 15.4. The van der Waals surface area contributed by atoms with Gasteiger partial charge < -0.3 is 4.90 Å². The van der Waals surface area contributed by atoms with Crippen molar-refractivity contribution in [1.29, 1.82) is 5.26 Å². The maximum absolute atomic E-state index is 9.29. The first-order valence-electron chi connectivity index (χ1n) is 7.69. The SMILES string of the molecule is CC(C)CN(CC(C)C)c1ccc(C#N)c2ccccc12. The van der Waals surface area contributed by atoms with E-state index in [4.69, 9.17) is 0 Å². The molecule has 2 aromatic rings. The van der Waals surface area contributed by atoms with E-state index in [1.165, 1.54) is 11.1 Å². The third kappa shape index (κ3) is 3.55. The molecule has 2 nitrogen and oxygen atoms in total. The summed E-state index contributed by atoms with van der Waals surface area (Å²) in [4.78, 5) is 2.46. The van der Waals surface area contributed by atoms with Crippen molar-refractivity contribution in [3.63, 3.8) is 0 Å². The molecule has 2 aromatic carbocycles. The van der Waals surface area contributed by atoms with E-state index in [0.29, 0.717) is 11.8 Å². The second-order valence-electron chi connectivity index (χ2n) is 6.48. The lowest BCUT2D eigenvalue weighted by Gasteiger charge is -2.30. The molecule has 0 bridgehead atoms. The molecule has 0 N–H and O–H groups in total. The Morgan fingerprint density at radius 2 is 1.48 bits per heavy atom. The molecule has 0 fully saturated rings. The van der Waals surface area contributed by atoms with Crippen molar-refractivity contribution in [2.24, 2.45) is 11.8 Å². The Kier molecular flexibility index (Phi) is 4.85. The van der Waals surface area contributed by atoms with Crippen LogP contribution in [0.15, 0.2) is 36.4 Å². The summed E-state index contributed by atoms with van der Waals surface area (Å²) in [5.74, 6) is 1.22. The van der Waals surface area contributed by atoms with Crippen LogP contribution in [0, 0.1) is 23.2 Å². The average Bonchev–Trinajstić information content (AvgIpc) is 2.44. The second-order valence-corrected chi connectivity index (χ2v) is 6.48. The fourth-order valence-electron chi connectivity index (χ4n) is 2.81. The molecule has 0 spiro atoms. The van der Waals surface area contributed by atoms with E-state index in [1.54, 1.807) is 0 Å². The number of anilines is 1. The molecule has 0 aliphatic rings. The van der Waals surface area contributed by atoms with Gasteiger partial charge in [0.15, 0.2) is 0 Å². The van der Waals surface area contributed by atoms with Gasteiger partial charge in [-0.3, -0.25) is 0 Å². The van der Waals surface area contributed by atoms with Crippen molar-refractivity contribution in [3.05, 3.63) is 42.0 Å². The Balaban J connectivity index is 2.55. The maximum atomic E-state index is 9.29. The largest absolute Gasteiger partial charge is 0.371 e. The van der Waals surface area contributed by atoms with Crippen molar-refractivity contribution in [1.82, 2.24) is 0 Å². The number of hydrogen-bond acceptors (Lipinski definition) is 2. The molecule has 0 amide bonds. The first-order valence-corrected chi connectivity index (χ1v) is 7.69. The van der Waals surface area contributed by atoms with E-state index in [9.17, 15) is 5.26 Å². The number of hydrogen-bond donors (Lipinski definition) is 0. The number of nitrogens with zero attached hydrogens (tertiary/aromatic N) is 2. The van der Waals surface area contributed by atoms with Crippen LogP contribution in [0.1, 0.15) is 33.3 Å². The van der Waals surface area contributed by atoms with Gasteiger partial charge in [-0.2, -0.15) is 5.26 Å². The summed E-state index contributed by atoms with van der Waals surface area (Å²) in [6, 6.07) is 14.6. The highest BCUT2D eigenvalue weighted by atomic mass is 15.1. The summed E-state index contributed by atoms with van der Waals surface area (Å²) >= 11 is 0. The van der Waals surface area contributed by atoms with Crippen LogP contribution in [0.4, 0.5) is 5.69 Å². The normalized spacial score (nSPS) is 11.1. The van der Waals surface area contributed by atoms with Crippen LogP contribution in [0.2, 0.25) is 0 Å². The minimum atomic E-state index is 0.609. The van der Waals surface area contributed by atoms with Crippen molar-refractivity contribution in [2.75, 3.05) is 18.0 Å². The van der Waals surface area contributed by atoms with Gasteiger partial charge in [-0.25, -0.2) is 0 Å². The minimum absolute atomic E-state index is 0.609. The summed E-state index contributed by atoms with van der Waals surface area (Å²) in [7, 11) is 0. The molecular formula is C19H24N2. The molecule has 0 unspecified atom stereocenters. The summed E-state index contributed by atoms with van der Waals surface area (Å²) in [6.07, 6.45) is 0. The monoisotopic (exact) mass is 280 g/mol. The van der Waals surface area contributed by atoms with Gasteiger partial charge in [0, 0.05) is 29.5 Å². The Labute approximate surface area is 128 Å². The molecule has 2 rings (SSSR count). The van der Waals surface area contributed by atoms with Crippen LogP contribution < -0.4 is 4.90 Å². The van der Waals surface area contributed by atoms with Gasteiger partial charge in [0.2, 0.25) is 0 Å². The van der Waals surface area contributed by atoms with Gasteiger partial charge in [0.05, 0.1) is 11.6 Å². The first kappa shape index (κ1) is 15.4. The molecule has 0 radical (unpaired) electrons. The lowest BCUT2D eigenvalue weighted by Crippen LogP contribution is -2.31. The Morgan fingerprint density at radius 1 is 0.905 bits per heavy atom. The second kappa shape index (κ2) is 6.63. The molecule has 0 saturated carbocycles. The first-order chi connectivity index (χ1) is 10.0. The zero-order valence-electron chi connectivity index (χ0n) is 13.4. The van der Waals surface area contributed by atoms with Gasteiger partial charge in [0.25, 0.3) is 0 Å². The molecule has 0 saturated heterocycles. The van der Waals surface area contributed by atoms with E-state index >= 15 is 0 Å². The quantitative estimate of drug-likeness (QED) is 0.784. The maximum Gasteiger partial charge on any atom is 0.0998 e. The molecule has 21 heavy (non-hydrogen) atoms. The molecule has 110 valence electrons. The summed E-state index contributed by atoms with van der Waals surface area (Å²) in [6.45, 7) is 11.1. The minimum Gasteiger partial charge on any atom is -0.371 e. The molecule has 2 heteroatoms. The fraction of sp³-hybridized carbons (Fsp3) is 0.421. The summed E-state index contributed by atoms with van der Waals surface area (Å²) < 4.78 is 0. The van der Waals surface area contributed by atoms with E-state index < -0.39 is 0 Å².